The van der Waals surface area contributed by atoms with E-state index in [1.807, 2.05) is 6.92 Å². The molecule has 2 saturated heterocycles. The molecule has 23 heavy (non-hydrogen) atoms. The Kier molecular flexibility index (Phi) is 5.01. The molecule has 0 aromatic carbocycles. The first kappa shape index (κ1) is 17.2. The molecule has 130 valence electrons. The van der Waals surface area contributed by atoms with Crippen molar-refractivity contribution < 1.29 is 24.4 Å². The van der Waals surface area contributed by atoms with Gasteiger partial charge in [0, 0.05) is 11.8 Å². The van der Waals surface area contributed by atoms with E-state index in [0.717, 1.165) is 25.7 Å². The summed E-state index contributed by atoms with van der Waals surface area (Å²) in [6, 6.07) is 0. The molecule has 0 aromatic heterocycles. The van der Waals surface area contributed by atoms with Gasteiger partial charge in [-0.15, -0.1) is 6.42 Å². The van der Waals surface area contributed by atoms with Crippen LogP contribution in [0.1, 0.15) is 46.5 Å². The van der Waals surface area contributed by atoms with Gasteiger partial charge < -0.3 is 14.2 Å². The van der Waals surface area contributed by atoms with Crippen molar-refractivity contribution in [1.82, 2.24) is 0 Å². The first-order chi connectivity index (χ1) is 11.0. The van der Waals surface area contributed by atoms with E-state index < -0.39 is 18.2 Å². The van der Waals surface area contributed by atoms with E-state index in [-0.39, 0.29) is 30.5 Å². The molecule has 8 atom stereocenters. The molecule has 0 unspecified atom stereocenters. The fourth-order valence-corrected chi connectivity index (χ4v) is 5.00. The molecule has 1 aliphatic carbocycles. The van der Waals surface area contributed by atoms with Crippen molar-refractivity contribution in [2.45, 2.75) is 70.7 Å². The summed E-state index contributed by atoms with van der Waals surface area (Å²) in [6.45, 7) is 6.57. The Morgan fingerprint density at radius 3 is 2.57 bits per heavy atom. The molecular weight excluding hydrogens is 296 g/mol. The summed E-state index contributed by atoms with van der Waals surface area (Å²) < 4.78 is 17.9. The molecule has 5 nitrogen and oxygen atoms in total. The normalized spacial score (nSPS) is 49.8. The van der Waals surface area contributed by atoms with Crippen molar-refractivity contribution in [2.24, 2.45) is 23.7 Å². The van der Waals surface area contributed by atoms with Gasteiger partial charge in [0.05, 0.1) is 6.10 Å². The molecule has 2 aliphatic heterocycles. The summed E-state index contributed by atoms with van der Waals surface area (Å²) in [5.74, 6) is 3.38. The average Bonchev–Trinajstić information content (AvgIpc) is 2.68. The minimum Gasteiger partial charge on any atom is -0.346 e. The van der Waals surface area contributed by atoms with Crippen LogP contribution in [0.3, 0.4) is 0 Å². The van der Waals surface area contributed by atoms with E-state index >= 15 is 0 Å². The molecule has 0 bridgehead atoms. The second-order valence-corrected chi connectivity index (χ2v) is 7.45. The Morgan fingerprint density at radius 2 is 1.87 bits per heavy atom. The molecule has 1 saturated carbocycles. The van der Waals surface area contributed by atoms with Crippen molar-refractivity contribution in [2.75, 3.05) is 6.61 Å². The first-order valence-corrected chi connectivity index (χ1v) is 8.73. The van der Waals surface area contributed by atoms with Crippen LogP contribution in [0.25, 0.3) is 0 Å². The lowest BCUT2D eigenvalue weighted by Crippen LogP contribution is -2.67. The molecule has 3 fully saturated rings. The predicted molar refractivity (Wildman–Crippen MR) is 84.2 cm³/mol. The van der Waals surface area contributed by atoms with Crippen molar-refractivity contribution >= 4 is 0 Å². The van der Waals surface area contributed by atoms with Crippen LogP contribution >= 0.6 is 0 Å². The van der Waals surface area contributed by atoms with Crippen LogP contribution in [0.5, 0.6) is 0 Å². The third-order valence-corrected chi connectivity index (χ3v) is 6.20. The smallest absolute Gasteiger partial charge is 0.193 e. The van der Waals surface area contributed by atoms with Gasteiger partial charge in [0.2, 0.25) is 0 Å². The van der Waals surface area contributed by atoms with E-state index in [4.69, 9.17) is 25.5 Å². The number of terminal acetylenes is 1. The molecule has 3 rings (SSSR count). The van der Waals surface area contributed by atoms with Crippen LogP contribution in [0.15, 0.2) is 0 Å². The average molecular weight is 324 g/mol. The first-order valence-electron chi connectivity index (χ1n) is 8.73. The van der Waals surface area contributed by atoms with E-state index in [1.165, 1.54) is 0 Å². The zero-order chi connectivity index (χ0) is 16.6. The minimum absolute atomic E-state index is 0.0622. The quantitative estimate of drug-likeness (QED) is 0.491. The third kappa shape index (κ3) is 2.71. The summed E-state index contributed by atoms with van der Waals surface area (Å²) in [6.07, 6.45) is 8.33. The van der Waals surface area contributed by atoms with Gasteiger partial charge in [-0.05, 0) is 44.4 Å². The molecule has 1 N–H and O–H groups in total. The molecular formula is C18H28O5. The molecule has 3 aliphatic rings. The second-order valence-electron chi connectivity index (χ2n) is 7.45. The zero-order valence-electron chi connectivity index (χ0n) is 14.2. The van der Waals surface area contributed by atoms with Crippen LogP contribution < -0.4 is 0 Å². The van der Waals surface area contributed by atoms with Gasteiger partial charge in [-0.1, -0.05) is 19.8 Å². The largest absolute Gasteiger partial charge is 0.346 e. The minimum atomic E-state index is -0.808. The summed E-state index contributed by atoms with van der Waals surface area (Å²) >= 11 is 0. The summed E-state index contributed by atoms with van der Waals surface area (Å²) in [5, 5.41) is 9.96. The Balaban J connectivity index is 1.97. The SMILES string of the molecule is C#CCO[C@@H]1O[C@@H]2O[C@@H](C)CC[C@H]3[C@H](C)CC[C@@H]([C@H]1C)[C@@]23OO. The van der Waals surface area contributed by atoms with Crippen LogP contribution in [0.2, 0.25) is 0 Å². The highest BCUT2D eigenvalue weighted by molar-refractivity contribution is 5.07. The maximum absolute atomic E-state index is 9.96. The summed E-state index contributed by atoms with van der Waals surface area (Å²) in [5.41, 5.74) is -0.808. The summed E-state index contributed by atoms with van der Waals surface area (Å²) in [7, 11) is 0. The maximum Gasteiger partial charge on any atom is 0.193 e. The van der Waals surface area contributed by atoms with Crippen molar-refractivity contribution in [3.05, 3.63) is 0 Å². The fraction of sp³-hybridized carbons (Fsp3) is 0.889. The fourth-order valence-electron chi connectivity index (χ4n) is 5.00. The van der Waals surface area contributed by atoms with Crippen LogP contribution in [0, 0.1) is 36.0 Å². The monoisotopic (exact) mass is 324 g/mol. The molecule has 5 heteroatoms. The molecule has 0 amide bonds. The highest BCUT2D eigenvalue weighted by Crippen LogP contribution is 2.56. The number of hydrogen-bond donors (Lipinski definition) is 1. The summed E-state index contributed by atoms with van der Waals surface area (Å²) in [4.78, 5) is 5.23. The van der Waals surface area contributed by atoms with Crippen molar-refractivity contribution in [3.63, 3.8) is 0 Å². The van der Waals surface area contributed by atoms with Gasteiger partial charge in [0.15, 0.2) is 18.2 Å². The Bertz CT molecular complexity index is 461. The van der Waals surface area contributed by atoms with Crippen LogP contribution in [0.4, 0.5) is 0 Å². The molecule has 2 heterocycles. The zero-order valence-corrected chi connectivity index (χ0v) is 14.2. The highest BCUT2D eigenvalue weighted by Gasteiger charge is 2.64. The molecule has 0 aromatic rings. The number of rotatable bonds is 3. The van der Waals surface area contributed by atoms with Gasteiger partial charge in [-0.2, -0.15) is 0 Å². The van der Waals surface area contributed by atoms with E-state index in [1.54, 1.807) is 0 Å². The molecule has 0 radical (unpaired) electrons. The van der Waals surface area contributed by atoms with Crippen LogP contribution in [-0.4, -0.2) is 36.1 Å². The van der Waals surface area contributed by atoms with Crippen molar-refractivity contribution in [3.8, 4) is 12.3 Å². The second kappa shape index (κ2) is 6.70. The van der Waals surface area contributed by atoms with Crippen LogP contribution in [-0.2, 0) is 19.1 Å². The van der Waals surface area contributed by atoms with E-state index in [9.17, 15) is 5.26 Å². The van der Waals surface area contributed by atoms with Gasteiger partial charge >= 0.3 is 0 Å². The van der Waals surface area contributed by atoms with Gasteiger partial charge in [0.1, 0.15) is 6.61 Å². The maximum atomic E-state index is 9.96. The van der Waals surface area contributed by atoms with E-state index in [0.29, 0.717) is 5.92 Å². The third-order valence-electron chi connectivity index (χ3n) is 6.20. The Hall–Kier alpha value is -0.640. The Morgan fingerprint density at radius 1 is 1.13 bits per heavy atom. The van der Waals surface area contributed by atoms with Gasteiger partial charge in [-0.25, -0.2) is 4.89 Å². The number of hydrogen-bond acceptors (Lipinski definition) is 5. The lowest BCUT2D eigenvalue weighted by molar-refractivity contribution is -0.459. The lowest BCUT2D eigenvalue weighted by Gasteiger charge is -2.57. The van der Waals surface area contributed by atoms with Gasteiger partial charge in [0.25, 0.3) is 0 Å². The van der Waals surface area contributed by atoms with Crippen molar-refractivity contribution in [1.29, 1.82) is 0 Å². The lowest BCUT2D eigenvalue weighted by atomic mass is 9.58. The van der Waals surface area contributed by atoms with Gasteiger partial charge in [-0.3, -0.25) is 5.26 Å². The topological polar surface area (TPSA) is 57.2 Å². The Labute approximate surface area is 138 Å². The standard InChI is InChI=1S/C18H28O5/c1-5-10-20-16-13(4)15-8-6-11(2)14-9-7-12(3)21-17(22-16)18(14,15)23-19/h1,11-17,19H,6-10H2,2-4H3/t11-,12+,13-,14+,15+,16-,17+,18-/m1/s1. The molecule has 0 spiro atoms. The number of ether oxygens (including phenoxy) is 3. The highest BCUT2D eigenvalue weighted by atomic mass is 17.1. The predicted octanol–water partition coefficient (Wildman–Crippen LogP) is 3.04. The van der Waals surface area contributed by atoms with E-state index in [2.05, 4.69) is 19.8 Å².